The molecule has 1 fully saturated rings. The highest BCUT2D eigenvalue weighted by Gasteiger charge is 2.38. The van der Waals surface area contributed by atoms with Crippen LogP contribution in [-0.4, -0.2) is 16.9 Å². The molecule has 28 heavy (non-hydrogen) atoms. The normalized spacial score (nSPS) is 18.6. The Labute approximate surface area is 177 Å². The van der Waals surface area contributed by atoms with E-state index >= 15 is 0 Å². The van der Waals surface area contributed by atoms with Gasteiger partial charge in [-0.05, 0) is 80.1 Å². The second kappa shape index (κ2) is 8.38. The highest BCUT2D eigenvalue weighted by Crippen LogP contribution is 2.35. The van der Waals surface area contributed by atoms with Crippen LogP contribution in [0.15, 0.2) is 53.0 Å². The Morgan fingerprint density at radius 3 is 2.25 bits per heavy atom. The Bertz CT molecular complexity index is 811. The maximum Gasteiger partial charge on any atom is 0.163 e. The molecule has 1 aliphatic heterocycles. The van der Waals surface area contributed by atoms with Crippen LogP contribution < -0.4 is 10.1 Å². The number of rotatable bonds is 6. The van der Waals surface area contributed by atoms with Gasteiger partial charge < -0.3 is 10.1 Å². The van der Waals surface area contributed by atoms with E-state index in [9.17, 15) is 4.79 Å². The summed E-state index contributed by atoms with van der Waals surface area (Å²) >= 11 is 3.49. The Morgan fingerprint density at radius 1 is 1.04 bits per heavy atom. The number of Topliss-reactive ketones (excluding diaryl/α,β-unsaturated/α-hetero) is 1. The lowest BCUT2D eigenvalue weighted by molar-refractivity contribution is 0.0864. The smallest absolute Gasteiger partial charge is 0.163 e. The first-order valence-electron chi connectivity index (χ1n) is 9.92. The number of halogens is 1. The molecule has 1 aliphatic rings. The summed E-state index contributed by atoms with van der Waals surface area (Å²) < 4.78 is 6.79. The molecule has 3 nitrogen and oxygen atoms in total. The molecule has 150 valence electrons. The number of hydrogen-bond acceptors (Lipinski definition) is 3. The number of ketones is 1. The summed E-state index contributed by atoms with van der Waals surface area (Å²) in [6, 6.07) is 15.6. The predicted molar refractivity (Wildman–Crippen MR) is 118 cm³/mol. The van der Waals surface area contributed by atoms with Gasteiger partial charge >= 0.3 is 0 Å². The summed E-state index contributed by atoms with van der Waals surface area (Å²) in [4.78, 5) is 12.8. The first-order chi connectivity index (χ1) is 13.1. The molecule has 0 bridgehead atoms. The third-order valence-corrected chi connectivity index (χ3v) is 5.91. The zero-order valence-electron chi connectivity index (χ0n) is 17.2. The van der Waals surface area contributed by atoms with E-state index in [0.29, 0.717) is 18.9 Å². The third-order valence-electron chi connectivity index (χ3n) is 5.26. The first kappa shape index (κ1) is 21.1. The van der Waals surface area contributed by atoms with Crippen LogP contribution in [0.5, 0.6) is 5.75 Å². The molecule has 1 saturated heterocycles. The van der Waals surface area contributed by atoms with E-state index in [4.69, 9.17) is 4.74 Å². The Balaban J connectivity index is 1.58. The largest absolute Gasteiger partial charge is 0.488 e. The fourth-order valence-corrected chi connectivity index (χ4v) is 4.97. The van der Waals surface area contributed by atoms with Gasteiger partial charge in [-0.25, -0.2) is 0 Å². The van der Waals surface area contributed by atoms with Gasteiger partial charge in [0.1, 0.15) is 12.4 Å². The maximum absolute atomic E-state index is 12.8. The van der Waals surface area contributed by atoms with Gasteiger partial charge in [0.15, 0.2) is 5.78 Å². The van der Waals surface area contributed by atoms with Gasteiger partial charge in [-0.15, -0.1) is 0 Å². The van der Waals surface area contributed by atoms with Gasteiger partial charge in [0.05, 0.1) is 4.47 Å². The lowest BCUT2D eigenvalue weighted by atomic mass is 9.74. The summed E-state index contributed by atoms with van der Waals surface area (Å²) in [5.41, 5.74) is 1.98. The number of benzene rings is 2. The number of para-hydroxylation sites is 1. The predicted octanol–water partition coefficient (Wildman–Crippen LogP) is 6.16. The van der Waals surface area contributed by atoms with Crippen LogP contribution in [0.3, 0.4) is 0 Å². The molecule has 0 spiro atoms. The van der Waals surface area contributed by atoms with Gasteiger partial charge in [-0.3, -0.25) is 4.79 Å². The van der Waals surface area contributed by atoms with Crippen molar-refractivity contribution in [2.45, 2.75) is 64.6 Å². The van der Waals surface area contributed by atoms with Crippen LogP contribution in [0.2, 0.25) is 0 Å². The van der Waals surface area contributed by atoms with E-state index in [2.05, 4.69) is 48.9 Å². The molecule has 0 unspecified atom stereocenters. The van der Waals surface area contributed by atoms with E-state index in [1.54, 1.807) is 0 Å². The van der Waals surface area contributed by atoms with Crippen molar-refractivity contribution in [3.63, 3.8) is 0 Å². The SMILES string of the molecule is CC1(C)CC(CC(=O)c2ccc(COc3ccccc3Br)cc2)CC(C)(C)N1. The molecule has 2 aromatic carbocycles. The van der Waals surface area contributed by atoms with Gasteiger partial charge in [0, 0.05) is 23.1 Å². The van der Waals surface area contributed by atoms with Crippen molar-refractivity contribution in [2.24, 2.45) is 5.92 Å². The summed E-state index contributed by atoms with van der Waals surface area (Å²) in [5, 5.41) is 3.69. The fourth-order valence-electron chi connectivity index (χ4n) is 4.57. The van der Waals surface area contributed by atoms with Crippen molar-refractivity contribution in [1.82, 2.24) is 5.32 Å². The van der Waals surface area contributed by atoms with Crippen molar-refractivity contribution >= 4 is 21.7 Å². The van der Waals surface area contributed by atoms with E-state index < -0.39 is 0 Å². The Kier molecular flexibility index (Phi) is 6.31. The van der Waals surface area contributed by atoms with Crippen LogP contribution in [0, 0.1) is 5.92 Å². The van der Waals surface area contributed by atoms with Gasteiger partial charge in [-0.1, -0.05) is 36.4 Å². The van der Waals surface area contributed by atoms with E-state index in [1.807, 2.05) is 48.5 Å². The molecule has 0 atom stereocenters. The average Bonchev–Trinajstić information content (AvgIpc) is 2.58. The Hall–Kier alpha value is -1.65. The quantitative estimate of drug-likeness (QED) is 0.543. The van der Waals surface area contributed by atoms with Crippen molar-refractivity contribution < 1.29 is 9.53 Å². The molecule has 1 N–H and O–H groups in total. The lowest BCUT2D eigenvalue weighted by Gasteiger charge is -2.46. The minimum Gasteiger partial charge on any atom is -0.488 e. The van der Waals surface area contributed by atoms with Crippen molar-refractivity contribution in [1.29, 1.82) is 0 Å². The van der Waals surface area contributed by atoms with E-state index in [0.717, 1.165) is 34.2 Å². The second-order valence-electron chi connectivity index (χ2n) is 9.21. The maximum atomic E-state index is 12.8. The van der Waals surface area contributed by atoms with Crippen LogP contribution in [-0.2, 0) is 6.61 Å². The molecule has 2 aromatic rings. The topological polar surface area (TPSA) is 38.3 Å². The minimum atomic E-state index is 0.0691. The molecular formula is C24H30BrNO2. The van der Waals surface area contributed by atoms with Crippen LogP contribution in [0.4, 0.5) is 0 Å². The highest BCUT2D eigenvalue weighted by molar-refractivity contribution is 9.10. The van der Waals surface area contributed by atoms with Gasteiger partial charge in [-0.2, -0.15) is 0 Å². The van der Waals surface area contributed by atoms with Crippen LogP contribution in [0.25, 0.3) is 0 Å². The fraction of sp³-hybridized carbons (Fsp3) is 0.458. The molecule has 0 radical (unpaired) electrons. The van der Waals surface area contributed by atoms with Crippen molar-refractivity contribution in [3.05, 3.63) is 64.1 Å². The molecule has 1 heterocycles. The van der Waals surface area contributed by atoms with Crippen molar-refractivity contribution in [2.75, 3.05) is 0 Å². The standard InChI is InChI=1S/C24H30BrNO2/c1-23(2)14-18(15-24(3,4)26-23)13-21(27)19-11-9-17(10-12-19)16-28-22-8-6-5-7-20(22)25/h5-12,18,26H,13-16H2,1-4H3. The highest BCUT2D eigenvalue weighted by atomic mass is 79.9. The van der Waals surface area contributed by atoms with E-state index in [-0.39, 0.29) is 16.9 Å². The number of carbonyl (C=O) groups is 1. The molecule has 4 heteroatoms. The lowest BCUT2D eigenvalue weighted by Crippen LogP contribution is -2.57. The summed E-state index contributed by atoms with van der Waals surface area (Å²) in [5.74, 6) is 1.47. The van der Waals surface area contributed by atoms with Crippen LogP contribution >= 0.6 is 15.9 Å². The zero-order valence-corrected chi connectivity index (χ0v) is 18.8. The number of hydrogen-bond donors (Lipinski definition) is 1. The summed E-state index contributed by atoms with van der Waals surface area (Å²) in [6.45, 7) is 9.39. The molecule has 0 amide bonds. The van der Waals surface area contributed by atoms with Crippen molar-refractivity contribution in [3.8, 4) is 5.75 Å². The number of carbonyl (C=O) groups excluding carboxylic acids is 1. The average molecular weight is 444 g/mol. The summed E-state index contributed by atoms with van der Waals surface area (Å²) in [6.07, 6.45) is 2.67. The van der Waals surface area contributed by atoms with Crippen LogP contribution in [0.1, 0.15) is 62.9 Å². The molecular weight excluding hydrogens is 414 g/mol. The van der Waals surface area contributed by atoms with Gasteiger partial charge in [0.2, 0.25) is 0 Å². The number of ether oxygens (including phenoxy) is 1. The molecule has 0 aliphatic carbocycles. The van der Waals surface area contributed by atoms with E-state index in [1.165, 1.54) is 0 Å². The zero-order chi connectivity index (χ0) is 20.4. The molecule has 0 aromatic heterocycles. The minimum absolute atomic E-state index is 0.0691. The molecule has 3 rings (SSSR count). The number of piperidine rings is 1. The first-order valence-corrected chi connectivity index (χ1v) is 10.7. The molecule has 0 saturated carbocycles. The second-order valence-corrected chi connectivity index (χ2v) is 10.1. The summed E-state index contributed by atoms with van der Waals surface area (Å²) in [7, 11) is 0. The third kappa shape index (κ3) is 5.68. The monoisotopic (exact) mass is 443 g/mol. The van der Waals surface area contributed by atoms with Gasteiger partial charge in [0.25, 0.3) is 0 Å². The number of nitrogens with one attached hydrogen (secondary N) is 1. The Morgan fingerprint density at radius 2 is 1.64 bits per heavy atom.